The highest BCUT2D eigenvalue weighted by Crippen LogP contribution is 2.34. The van der Waals surface area contributed by atoms with E-state index >= 15 is 0 Å². The molecular formula is C15H22BrN. The van der Waals surface area contributed by atoms with E-state index in [0.29, 0.717) is 0 Å². The fourth-order valence-corrected chi connectivity index (χ4v) is 3.34. The topological polar surface area (TPSA) is 26.0 Å². The zero-order valence-electron chi connectivity index (χ0n) is 10.6. The average Bonchev–Trinajstić information content (AvgIpc) is 2.29. The Morgan fingerprint density at radius 3 is 2.65 bits per heavy atom. The fraction of sp³-hybridized carbons (Fsp3) is 0.600. The minimum absolute atomic E-state index is 0.0342. The van der Waals surface area contributed by atoms with Crippen molar-refractivity contribution >= 4 is 15.9 Å². The Bertz CT molecular complexity index is 367. The van der Waals surface area contributed by atoms with Gasteiger partial charge in [-0.25, -0.2) is 0 Å². The van der Waals surface area contributed by atoms with Crippen LogP contribution < -0.4 is 5.73 Å². The van der Waals surface area contributed by atoms with Gasteiger partial charge in [-0.2, -0.15) is 0 Å². The molecule has 0 atom stereocenters. The summed E-state index contributed by atoms with van der Waals surface area (Å²) in [7, 11) is 0. The zero-order chi connectivity index (χ0) is 12.3. The van der Waals surface area contributed by atoms with Crippen molar-refractivity contribution in [3.05, 3.63) is 34.3 Å². The summed E-state index contributed by atoms with van der Waals surface area (Å²) in [6, 6.07) is 8.55. The average molecular weight is 296 g/mol. The molecule has 94 valence electrons. The van der Waals surface area contributed by atoms with E-state index < -0.39 is 0 Å². The van der Waals surface area contributed by atoms with Crippen LogP contribution in [0, 0.1) is 5.92 Å². The standard InChI is InChI=1S/C15H22BrN/c1-2-12-6-8-15(17,9-7-12)11-13-4-3-5-14(16)10-13/h3-5,10,12H,2,6-9,11,17H2,1H3. The molecule has 0 bridgehead atoms. The van der Waals surface area contributed by atoms with Gasteiger partial charge in [0.2, 0.25) is 0 Å². The molecule has 1 aromatic rings. The summed E-state index contributed by atoms with van der Waals surface area (Å²) < 4.78 is 1.15. The highest BCUT2D eigenvalue weighted by atomic mass is 79.9. The Kier molecular flexibility index (Phi) is 4.26. The molecule has 1 nitrogen and oxygen atoms in total. The van der Waals surface area contributed by atoms with Crippen LogP contribution in [-0.2, 0) is 6.42 Å². The number of halogens is 1. The molecule has 0 heterocycles. The number of hydrogen-bond donors (Lipinski definition) is 1. The normalized spacial score (nSPS) is 29.2. The maximum Gasteiger partial charge on any atom is 0.0195 e. The van der Waals surface area contributed by atoms with E-state index in [1.54, 1.807) is 0 Å². The van der Waals surface area contributed by atoms with Crippen molar-refractivity contribution in [2.75, 3.05) is 0 Å². The van der Waals surface area contributed by atoms with Crippen molar-refractivity contribution in [2.45, 2.75) is 51.0 Å². The van der Waals surface area contributed by atoms with Crippen LogP contribution in [0.25, 0.3) is 0 Å². The van der Waals surface area contributed by atoms with Crippen LogP contribution >= 0.6 is 15.9 Å². The lowest BCUT2D eigenvalue weighted by molar-refractivity contribution is 0.228. The molecular weight excluding hydrogens is 274 g/mol. The van der Waals surface area contributed by atoms with Crippen LogP contribution in [0.15, 0.2) is 28.7 Å². The monoisotopic (exact) mass is 295 g/mol. The Labute approximate surface area is 113 Å². The zero-order valence-corrected chi connectivity index (χ0v) is 12.2. The third kappa shape index (κ3) is 3.56. The van der Waals surface area contributed by atoms with Crippen LogP contribution in [-0.4, -0.2) is 5.54 Å². The molecule has 1 aliphatic rings. The highest BCUT2D eigenvalue weighted by Gasteiger charge is 2.31. The van der Waals surface area contributed by atoms with Crippen molar-refractivity contribution in [2.24, 2.45) is 11.7 Å². The molecule has 0 saturated heterocycles. The fourth-order valence-electron chi connectivity index (χ4n) is 2.89. The molecule has 0 unspecified atom stereocenters. The van der Waals surface area contributed by atoms with Crippen LogP contribution in [0.3, 0.4) is 0 Å². The first-order valence-electron chi connectivity index (χ1n) is 6.65. The number of nitrogens with two attached hydrogens (primary N) is 1. The lowest BCUT2D eigenvalue weighted by Crippen LogP contribution is -2.45. The summed E-state index contributed by atoms with van der Waals surface area (Å²) in [6.45, 7) is 2.29. The molecule has 0 spiro atoms. The molecule has 2 heteroatoms. The second-order valence-electron chi connectivity index (χ2n) is 5.52. The van der Waals surface area contributed by atoms with E-state index in [-0.39, 0.29) is 5.54 Å². The lowest BCUT2D eigenvalue weighted by atomic mass is 9.73. The molecule has 1 aromatic carbocycles. The molecule has 2 rings (SSSR count). The first-order chi connectivity index (χ1) is 8.11. The lowest BCUT2D eigenvalue weighted by Gasteiger charge is -2.37. The van der Waals surface area contributed by atoms with Gasteiger partial charge < -0.3 is 5.73 Å². The number of benzene rings is 1. The molecule has 0 aromatic heterocycles. The van der Waals surface area contributed by atoms with E-state index in [9.17, 15) is 0 Å². The van der Waals surface area contributed by atoms with Crippen molar-refractivity contribution in [3.8, 4) is 0 Å². The van der Waals surface area contributed by atoms with Gasteiger partial charge in [-0.05, 0) is 55.7 Å². The van der Waals surface area contributed by atoms with E-state index in [1.165, 1.54) is 37.7 Å². The number of rotatable bonds is 3. The molecule has 1 saturated carbocycles. The Hall–Kier alpha value is -0.340. The molecule has 0 aliphatic heterocycles. The molecule has 2 N–H and O–H groups in total. The van der Waals surface area contributed by atoms with Gasteiger partial charge in [-0.1, -0.05) is 41.4 Å². The van der Waals surface area contributed by atoms with E-state index in [1.807, 2.05) is 0 Å². The summed E-state index contributed by atoms with van der Waals surface area (Å²) in [5.41, 5.74) is 7.94. The molecule has 0 radical (unpaired) electrons. The molecule has 1 fully saturated rings. The first-order valence-corrected chi connectivity index (χ1v) is 7.44. The van der Waals surface area contributed by atoms with Crippen molar-refractivity contribution in [3.63, 3.8) is 0 Å². The molecule has 0 amide bonds. The van der Waals surface area contributed by atoms with Gasteiger partial charge in [0.1, 0.15) is 0 Å². The summed E-state index contributed by atoms with van der Waals surface area (Å²) in [5, 5.41) is 0. The van der Waals surface area contributed by atoms with Gasteiger partial charge >= 0.3 is 0 Å². The van der Waals surface area contributed by atoms with Gasteiger partial charge in [-0.3, -0.25) is 0 Å². The summed E-state index contributed by atoms with van der Waals surface area (Å²) >= 11 is 3.52. The minimum atomic E-state index is 0.0342. The third-order valence-corrected chi connectivity index (χ3v) is 4.62. The third-order valence-electron chi connectivity index (χ3n) is 4.12. The van der Waals surface area contributed by atoms with Gasteiger partial charge in [0.25, 0.3) is 0 Å². The van der Waals surface area contributed by atoms with Crippen LogP contribution in [0.4, 0.5) is 0 Å². The second kappa shape index (κ2) is 5.53. The largest absolute Gasteiger partial charge is 0.325 e. The van der Waals surface area contributed by atoms with Crippen LogP contribution in [0.1, 0.15) is 44.6 Å². The maximum absolute atomic E-state index is 6.54. The van der Waals surface area contributed by atoms with Gasteiger partial charge in [0.15, 0.2) is 0 Å². The van der Waals surface area contributed by atoms with Crippen molar-refractivity contribution < 1.29 is 0 Å². The Morgan fingerprint density at radius 2 is 2.06 bits per heavy atom. The molecule has 17 heavy (non-hydrogen) atoms. The number of hydrogen-bond acceptors (Lipinski definition) is 1. The van der Waals surface area contributed by atoms with E-state index in [2.05, 4.69) is 47.1 Å². The predicted octanol–water partition coefficient (Wildman–Crippen LogP) is 4.29. The van der Waals surface area contributed by atoms with Gasteiger partial charge in [-0.15, -0.1) is 0 Å². The SMILES string of the molecule is CCC1CCC(N)(Cc2cccc(Br)c2)CC1. The van der Waals surface area contributed by atoms with Crippen molar-refractivity contribution in [1.29, 1.82) is 0 Å². The first kappa shape index (κ1) is 13.1. The predicted molar refractivity (Wildman–Crippen MR) is 77.0 cm³/mol. The minimum Gasteiger partial charge on any atom is -0.325 e. The smallest absolute Gasteiger partial charge is 0.0195 e. The van der Waals surface area contributed by atoms with E-state index in [4.69, 9.17) is 5.73 Å². The summed E-state index contributed by atoms with van der Waals surface area (Å²) in [6.07, 6.45) is 7.30. The molecule has 1 aliphatic carbocycles. The van der Waals surface area contributed by atoms with E-state index in [0.717, 1.165) is 16.8 Å². The Morgan fingerprint density at radius 1 is 1.35 bits per heavy atom. The highest BCUT2D eigenvalue weighted by molar-refractivity contribution is 9.10. The van der Waals surface area contributed by atoms with Crippen LogP contribution in [0.5, 0.6) is 0 Å². The second-order valence-corrected chi connectivity index (χ2v) is 6.44. The Balaban J connectivity index is 1.99. The van der Waals surface area contributed by atoms with Gasteiger partial charge in [0, 0.05) is 10.0 Å². The van der Waals surface area contributed by atoms with Crippen molar-refractivity contribution in [1.82, 2.24) is 0 Å². The quantitative estimate of drug-likeness (QED) is 0.884. The van der Waals surface area contributed by atoms with Crippen LogP contribution in [0.2, 0.25) is 0 Å². The maximum atomic E-state index is 6.54. The van der Waals surface area contributed by atoms with Gasteiger partial charge in [0.05, 0.1) is 0 Å². The summed E-state index contributed by atoms with van der Waals surface area (Å²) in [4.78, 5) is 0. The summed E-state index contributed by atoms with van der Waals surface area (Å²) in [5.74, 6) is 0.911.